The molecule has 2 N–H and O–H groups in total. The molecule has 0 unspecified atom stereocenters. The average Bonchev–Trinajstić information content (AvgIpc) is 3.21. The summed E-state index contributed by atoms with van der Waals surface area (Å²) in [4.78, 5) is 21.0. The SMILES string of the molecule is COC(=O)c1cnc(Nc2ccc3[nH]ncc3c2)nc1-c1ccc(OC)cc1. The standard InChI is InChI=1S/C20H17N5O3/c1-27-15-6-3-12(4-7-15)18-16(19(26)28-2)11-21-20(24-18)23-14-5-8-17-13(9-14)10-22-25-17/h3-11H,1-2H3,(H,22,25)(H,21,23,24). The maximum atomic E-state index is 12.2. The Morgan fingerprint density at radius 2 is 1.89 bits per heavy atom. The Balaban J connectivity index is 1.72. The maximum absolute atomic E-state index is 12.2. The molecule has 2 aromatic carbocycles. The van der Waals surface area contributed by atoms with Crippen LogP contribution < -0.4 is 10.1 Å². The van der Waals surface area contributed by atoms with E-state index in [0.717, 1.165) is 22.2 Å². The minimum Gasteiger partial charge on any atom is -0.497 e. The van der Waals surface area contributed by atoms with Crippen molar-refractivity contribution in [3.63, 3.8) is 0 Å². The number of hydrogen-bond donors (Lipinski definition) is 2. The summed E-state index contributed by atoms with van der Waals surface area (Å²) in [6.45, 7) is 0. The molecule has 0 fully saturated rings. The minimum absolute atomic E-state index is 0.281. The Bertz CT molecular complexity index is 1140. The Labute approximate surface area is 160 Å². The van der Waals surface area contributed by atoms with Crippen molar-refractivity contribution in [3.05, 3.63) is 60.4 Å². The molecule has 0 spiro atoms. The van der Waals surface area contributed by atoms with Gasteiger partial charge < -0.3 is 14.8 Å². The molecule has 28 heavy (non-hydrogen) atoms. The number of carbonyl (C=O) groups excluding carboxylic acids is 1. The summed E-state index contributed by atoms with van der Waals surface area (Å²) in [6, 6.07) is 13.0. The van der Waals surface area contributed by atoms with Crippen LogP contribution in [0.15, 0.2) is 54.9 Å². The van der Waals surface area contributed by atoms with Crippen molar-refractivity contribution < 1.29 is 14.3 Å². The molecule has 0 aliphatic rings. The highest BCUT2D eigenvalue weighted by molar-refractivity contribution is 5.96. The molecule has 140 valence electrons. The van der Waals surface area contributed by atoms with Crippen LogP contribution >= 0.6 is 0 Å². The van der Waals surface area contributed by atoms with Gasteiger partial charge in [0.1, 0.15) is 11.3 Å². The quantitative estimate of drug-likeness (QED) is 0.514. The molecule has 0 atom stereocenters. The van der Waals surface area contributed by atoms with Gasteiger partial charge in [-0.3, -0.25) is 5.10 Å². The lowest BCUT2D eigenvalue weighted by atomic mass is 10.1. The van der Waals surface area contributed by atoms with Crippen LogP contribution in [-0.2, 0) is 4.74 Å². The third-order valence-corrected chi connectivity index (χ3v) is 4.25. The highest BCUT2D eigenvalue weighted by Gasteiger charge is 2.17. The van der Waals surface area contributed by atoms with Crippen molar-refractivity contribution in [1.82, 2.24) is 20.2 Å². The van der Waals surface area contributed by atoms with Gasteiger partial charge in [0.2, 0.25) is 5.95 Å². The molecule has 0 radical (unpaired) electrons. The number of fused-ring (bicyclic) bond motifs is 1. The van der Waals surface area contributed by atoms with Gasteiger partial charge in [0.05, 0.1) is 31.6 Å². The van der Waals surface area contributed by atoms with E-state index in [1.807, 2.05) is 30.3 Å². The van der Waals surface area contributed by atoms with Crippen molar-refractivity contribution in [3.8, 4) is 17.0 Å². The van der Waals surface area contributed by atoms with E-state index in [2.05, 4.69) is 25.5 Å². The second kappa shape index (κ2) is 7.36. The molecule has 2 heterocycles. The van der Waals surface area contributed by atoms with E-state index in [-0.39, 0.29) is 5.56 Å². The van der Waals surface area contributed by atoms with Gasteiger partial charge in [-0.1, -0.05) is 0 Å². The van der Waals surface area contributed by atoms with E-state index in [4.69, 9.17) is 9.47 Å². The summed E-state index contributed by atoms with van der Waals surface area (Å²) in [5, 5.41) is 11.0. The number of ether oxygens (including phenoxy) is 2. The van der Waals surface area contributed by atoms with Crippen LogP contribution in [0, 0.1) is 0 Å². The molecule has 0 amide bonds. The maximum Gasteiger partial charge on any atom is 0.341 e. The lowest BCUT2D eigenvalue weighted by Gasteiger charge is -2.11. The van der Waals surface area contributed by atoms with Crippen LogP contribution in [0.4, 0.5) is 11.6 Å². The molecule has 0 saturated carbocycles. The van der Waals surface area contributed by atoms with Gasteiger partial charge in [-0.05, 0) is 42.5 Å². The van der Waals surface area contributed by atoms with Gasteiger partial charge in [-0.2, -0.15) is 5.10 Å². The Kier molecular flexibility index (Phi) is 4.59. The van der Waals surface area contributed by atoms with Gasteiger partial charge in [0.15, 0.2) is 0 Å². The van der Waals surface area contributed by atoms with E-state index in [1.54, 1.807) is 25.4 Å². The Hall–Kier alpha value is -3.94. The van der Waals surface area contributed by atoms with Gasteiger partial charge in [0, 0.05) is 22.8 Å². The van der Waals surface area contributed by atoms with Crippen LogP contribution in [0.25, 0.3) is 22.2 Å². The van der Waals surface area contributed by atoms with Crippen molar-refractivity contribution in [1.29, 1.82) is 0 Å². The Morgan fingerprint density at radius 3 is 2.64 bits per heavy atom. The number of esters is 1. The normalized spacial score (nSPS) is 10.6. The van der Waals surface area contributed by atoms with Crippen molar-refractivity contribution in [2.45, 2.75) is 0 Å². The van der Waals surface area contributed by atoms with E-state index in [0.29, 0.717) is 17.4 Å². The molecule has 8 nitrogen and oxygen atoms in total. The first-order chi connectivity index (χ1) is 13.7. The molecule has 2 aromatic heterocycles. The van der Waals surface area contributed by atoms with Crippen LogP contribution in [0.5, 0.6) is 5.75 Å². The monoisotopic (exact) mass is 375 g/mol. The van der Waals surface area contributed by atoms with Crippen LogP contribution in [0.1, 0.15) is 10.4 Å². The molecule has 4 rings (SSSR count). The fourth-order valence-corrected chi connectivity index (χ4v) is 2.82. The first-order valence-electron chi connectivity index (χ1n) is 8.48. The summed E-state index contributed by atoms with van der Waals surface area (Å²) in [5.74, 6) is 0.572. The fraction of sp³-hybridized carbons (Fsp3) is 0.100. The molecule has 0 aliphatic heterocycles. The number of rotatable bonds is 5. The molecule has 0 bridgehead atoms. The molecule has 0 saturated heterocycles. The van der Waals surface area contributed by atoms with E-state index in [9.17, 15) is 4.79 Å². The number of benzene rings is 2. The van der Waals surface area contributed by atoms with Crippen molar-refractivity contribution in [2.75, 3.05) is 19.5 Å². The topological polar surface area (TPSA) is 102 Å². The largest absolute Gasteiger partial charge is 0.497 e. The number of nitrogens with one attached hydrogen (secondary N) is 2. The average molecular weight is 375 g/mol. The highest BCUT2D eigenvalue weighted by Crippen LogP contribution is 2.26. The summed E-state index contributed by atoms with van der Waals surface area (Å²) < 4.78 is 10.1. The number of carbonyl (C=O) groups is 1. The first kappa shape index (κ1) is 17.5. The predicted molar refractivity (Wildman–Crippen MR) is 105 cm³/mol. The molecule has 0 aliphatic carbocycles. The lowest BCUT2D eigenvalue weighted by Crippen LogP contribution is -2.08. The van der Waals surface area contributed by atoms with E-state index in [1.165, 1.54) is 13.3 Å². The lowest BCUT2D eigenvalue weighted by molar-refractivity contribution is 0.0601. The number of anilines is 2. The summed E-state index contributed by atoms with van der Waals surface area (Å²) >= 11 is 0. The van der Waals surface area contributed by atoms with Crippen molar-refractivity contribution >= 4 is 28.5 Å². The second-order valence-corrected chi connectivity index (χ2v) is 5.97. The summed E-state index contributed by atoms with van der Waals surface area (Å²) in [5.41, 5.74) is 3.24. The third-order valence-electron chi connectivity index (χ3n) is 4.25. The first-order valence-corrected chi connectivity index (χ1v) is 8.48. The molecule has 8 heteroatoms. The van der Waals surface area contributed by atoms with Gasteiger partial charge in [-0.15, -0.1) is 0 Å². The van der Waals surface area contributed by atoms with Gasteiger partial charge in [0.25, 0.3) is 0 Å². The van der Waals surface area contributed by atoms with Crippen LogP contribution in [0.3, 0.4) is 0 Å². The van der Waals surface area contributed by atoms with Crippen molar-refractivity contribution in [2.24, 2.45) is 0 Å². The fourth-order valence-electron chi connectivity index (χ4n) is 2.82. The summed E-state index contributed by atoms with van der Waals surface area (Å²) in [7, 11) is 2.92. The molecular formula is C20H17N5O3. The number of aromatic amines is 1. The molecule has 4 aromatic rings. The summed E-state index contributed by atoms with van der Waals surface area (Å²) in [6.07, 6.45) is 3.20. The van der Waals surface area contributed by atoms with Crippen LogP contribution in [-0.4, -0.2) is 40.4 Å². The van der Waals surface area contributed by atoms with Gasteiger partial charge in [-0.25, -0.2) is 14.8 Å². The smallest absolute Gasteiger partial charge is 0.341 e. The number of methoxy groups -OCH3 is 2. The third kappa shape index (κ3) is 3.35. The second-order valence-electron chi connectivity index (χ2n) is 5.97. The predicted octanol–water partition coefficient (Wildman–Crippen LogP) is 3.56. The van der Waals surface area contributed by atoms with E-state index >= 15 is 0 Å². The zero-order valence-electron chi connectivity index (χ0n) is 15.3. The minimum atomic E-state index is -0.503. The number of H-pyrrole nitrogens is 1. The van der Waals surface area contributed by atoms with Gasteiger partial charge >= 0.3 is 5.97 Å². The highest BCUT2D eigenvalue weighted by atomic mass is 16.5. The zero-order chi connectivity index (χ0) is 19.5. The van der Waals surface area contributed by atoms with Crippen LogP contribution in [0.2, 0.25) is 0 Å². The van der Waals surface area contributed by atoms with E-state index < -0.39 is 5.97 Å². The Morgan fingerprint density at radius 1 is 1.07 bits per heavy atom. The zero-order valence-corrected chi connectivity index (χ0v) is 15.3. The number of nitrogens with zero attached hydrogens (tertiary/aromatic N) is 3. The number of aromatic nitrogens is 4. The molecular weight excluding hydrogens is 358 g/mol. The number of hydrogen-bond acceptors (Lipinski definition) is 7.